The second-order valence-electron chi connectivity index (χ2n) is 4.68. The lowest BCUT2D eigenvalue weighted by Gasteiger charge is -2.09. The van der Waals surface area contributed by atoms with Gasteiger partial charge in [-0.3, -0.25) is 0 Å². The first-order valence-corrected chi connectivity index (χ1v) is 8.69. The van der Waals surface area contributed by atoms with Crippen LogP contribution in [-0.2, 0) is 14.6 Å². The standard InChI is InChI=1S/C15H13BrO4S/c16-14-8-13(6-7-15(14)20-10-11-9-19-11)21(17,18)12-4-2-1-3-5-12/h1-8,11H,9-10H2. The monoisotopic (exact) mass is 368 g/mol. The highest BCUT2D eigenvalue weighted by Gasteiger charge is 2.24. The number of hydrogen-bond acceptors (Lipinski definition) is 4. The summed E-state index contributed by atoms with van der Waals surface area (Å²) in [6, 6.07) is 13.1. The van der Waals surface area contributed by atoms with Crippen molar-refractivity contribution in [3.8, 4) is 5.75 Å². The molecule has 1 heterocycles. The van der Waals surface area contributed by atoms with Gasteiger partial charge in [-0.05, 0) is 46.3 Å². The van der Waals surface area contributed by atoms with E-state index >= 15 is 0 Å². The average Bonchev–Trinajstić information content (AvgIpc) is 3.31. The van der Waals surface area contributed by atoms with E-state index < -0.39 is 9.84 Å². The van der Waals surface area contributed by atoms with Gasteiger partial charge in [0.05, 0.1) is 20.9 Å². The smallest absolute Gasteiger partial charge is 0.206 e. The lowest BCUT2D eigenvalue weighted by atomic mass is 10.3. The van der Waals surface area contributed by atoms with Crippen LogP contribution in [0.25, 0.3) is 0 Å². The number of rotatable bonds is 5. The van der Waals surface area contributed by atoms with Crippen molar-refractivity contribution in [3.05, 3.63) is 53.0 Å². The molecule has 0 saturated carbocycles. The van der Waals surface area contributed by atoms with E-state index in [-0.39, 0.29) is 15.9 Å². The van der Waals surface area contributed by atoms with Crippen LogP contribution in [-0.4, -0.2) is 27.7 Å². The Bertz CT molecular complexity index is 740. The van der Waals surface area contributed by atoms with Crippen LogP contribution in [0.1, 0.15) is 0 Å². The van der Waals surface area contributed by atoms with Crippen molar-refractivity contribution in [2.75, 3.05) is 13.2 Å². The van der Waals surface area contributed by atoms with E-state index in [1.807, 2.05) is 0 Å². The number of benzene rings is 2. The van der Waals surface area contributed by atoms with Crippen molar-refractivity contribution in [1.29, 1.82) is 0 Å². The summed E-state index contributed by atoms with van der Waals surface area (Å²) in [5, 5.41) is 0. The fourth-order valence-corrected chi connectivity index (χ4v) is 3.80. The van der Waals surface area contributed by atoms with Gasteiger partial charge in [0.15, 0.2) is 0 Å². The molecule has 1 aliphatic heterocycles. The van der Waals surface area contributed by atoms with E-state index in [1.54, 1.807) is 48.5 Å². The first-order chi connectivity index (χ1) is 10.1. The highest BCUT2D eigenvalue weighted by atomic mass is 79.9. The Hall–Kier alpha value is -1.37. The minimum absolute atomic E-state index is 0.157. The molecule has 0 bridgehead atoms. The lowest BCUT2D eigenvalue weighted by molar-refractivity contribution is 0.261. The highest BCUT2D eigenvalue weighted by molar-refractivity contribution is 9.10. The molecule has 0 spiro atoms. The summed E-state index contributed by atoms with van der Waals surface area (Å²) < 4.78 is 36.2. The van der Waals surface area contributed by atoms with Crippen molar-refractivity contribution >= 4 is 25.8 Å². The number of hydrogen-bond donors (Lipinski definition) is 0. The molecule has 1 fully saturated rings. The molecule has 1 aliphatic rings. The molecule has 1 saturated heterocycles. The molecule has 110 valence electrons. The molecule has 21 heavy (non-hydrogen) atoms. The van der Waals surface area contributed by atoms with Crippen molar-refractivity contribution in [1.82, 2.24) is 0 Å². The van der Waals surface area contributed by atoms with E-state index in [9.17, 15) is 8.42 Å². The molecule has 0 amide bonds. The lowest BCUT2D eigenvalue weighted by Crippen LogP contribution is -2.06. The Kier molecular flexibility index (Phi) is 4.01. The highest BCUT2D eigenvalue weighted by Crippen LogP contribution is 2.31. The van der Waals surface area contributed by atoms with Crippen LogP contribution in [0, 0.1) is 0 Å². The Morgan fingerprint density at radius 2 is 1.86 bits per heavy atom. The molecule has 0 aliphatic carbocycles. The fraction of sp³-hybridized carbons (Fsp3) is 0.200. The van der Waals surface area contributed by atoms with E-state index in [0.717, 1.165) is 6.61 Å². The van der Waals surface area contributed by atoms with Gasteiger partial charge in [-0.25, -0.2) is 8.42 Å². The van der Waals surface area contributed by atoms with Gasteiger partial charge in [0.25, 0.3) is 0 Å². The minimum atomic E-state index is -3.51. The van der Waals surface area contributed by atoms with Crippen LogP contribution in [0.3, 0.4) is 0 Å². The zero-order chi connectivity index (χ0) is 14.9. The van der Waals surface area contributed by atoms with Gasteiger partial charge in [0.1, 0.15) is 18.5 Å². The third-order valence-corrected chi connectivity index (χ3v) is 5.48. The van der Waals surface area contributed by atoms with Gasteiger partial charge in [0, 0.05) is 0 Å². The maximum absolute atomic E-state index is 12.5. The van der Waals surface area contributed by atoms with Crippen LogP contribution in [0.15, 0.2) is 62.8 Å². The molecule has 1 atom stereocenters. The third kappa shape index (κ3) is 3.28. The minimum Gasteiger partial charge on any atom is -0.490 e. The molecular formula is C15H13BrO4S. The number of sulfone groups is 1. The molecule has 0 N–H and O–H groups in total. The normalized spacial score (nSPS) is 17.5. The van der Waals surface area contributed by atoms with E-state index in [4.69, 9.17) is 9.47 Å². The van der Waals surface area contributed by atoms with Crippen LogP contribution in [0.5, 0.6) is 5.75 Å². The SMILES string of the molecule is O=S(=O)(c1ccccc1)c1ccc(OCC2CO2)c(Br)c1. The predicted molar refractivity (Wildman–Crippen MR) is 81.3 cm³/mol. The molecule has 0 aromatic heterocycles. The molecule has 2 aromatic carbocycles. The molecule has 6 heteroatoms. The Labute approximate surface area is 131 Å². The van der Waals surface area contributed by atoms with E-state index in [0.29, 0.717) is 16.8 Å². The van der Waals surface area contributed by atoms with Gasteiger partial charge < -0.3 is 9.47 Å². The molecule has 3 rings (SSSR count). The van der Waals surface area contributed by atoms with Crippen LogP contribution in [0.2, 0.25) is 0 Å². The van der Waals surface area contributed by atoms with E-state index in [1.165, 1.54) is 0 Å². The Morgan fingerprint density at radius 1 is 1.14 bits per heavy atom. The second kappa shape index (κ2) is 5.79. The molecule has 4 nitrogen and oxygen atoms in total. The summed E-state index contributed by atoms with van der Waals surface area (Å²) in [4.78, 5) is 0.507. The third-order valence-electron chi connectivity index (χ3n) is 3.09. The predicted octanol–water partition coefficient (Wildman–Crippen LogP) is 3.06. The Morgan fingerprint density at radius 3 is 2.48 bits per heavy atom. The molecule has 1 unspecified atom stereocenters. The Balaban J connectivity index is 1.87. The zero-order valence-electron chi connectivity index (χ0n) is 11.0. The zero-order valence-corrected chi connectivity index (χ0v) is 13.4. The van der Waals surface area contributed by atoms with Gasteiger partial charge >= 0.3 is 0 Å². The summed E-state index contributed by atoms with van der Waals surface area (Å²) in [6.45, 7) is 1.20. The topological polar surface area (TPSA) is 55.9 Å². The second-order valence-corrected chi connectivity index (χ2v) is 7.48. The van der Waals surface area contributed by atoms with Crippen LogP contribution in [0.4, 0.5) is 0 Å². The van der Waals surface area contributed by atoms with Crippen LogP contribution < -0.4 is 4.74 Å². The van der Waals surface area contributed by atoms with Crippen molar-refractivity contribution in [2.45, 2.75) is 15.9 Å². The first kappa shape index (κ1) is 14.6. The largest absolute Gasteiger partial charge is 0.490 e. The molecule has 2 aromatic rings. The van der Waals surface area contributed by atoms with Gasteiger partial charge in [-0.2, -0.15) is 0 Å². The summed E-state index contributed by atoms with van der Waals surface area (Å²) >= 11 is 3.35. The van der Waals surface area contributed by atoms with Gasteiger partial charge in [0.2, 0.25) is 9.84 Å². The first-order valence-electron chi connectivity index (χ1n) is 6.41. The number of ether oxygens (including phenoxy) is 2. The van der Waals surface area contributed by atoms with Crippen molar-refractivity contribution in [2.24, 2.45) is 0 Å². The summed E-state index contributed by atoms with van der Waals surface area (Å²) in [7, 11) is -3.51. The summed E-state index contributed by atoms with van der Waals surface area (Å²) in [5.41, 5.74) is 0. The van der Waals surface area contributed by atoms with Crippen LogP contribution >= 0.6 is 15.9 Å². The quantitative estimate of drug-likeness (QED) is 0.761. The van der Waals surface area contributed by atoms with Crippen molar-refractivity contribution < 1.29 is 17.9 Å². The maximum atomic E-state index is 12.5. The van der Waals surface area contributed by atoms with Gasteiger partial charge in [-0.15, -0.1) is 0 Å². The van der Waals surface area contributed by atoms with Crippen molar-refractivity contribution in [3.63, 3.8) is 0 Å². The fourth-order valence-electron chi connectivity index (χ4n) is 1.85. The van der Waals surface area contributed by atoms with E-state index in [2.05, 4.69) is 15.9 Å². The number of halogens is 1. The molecule has 0 radical (unpaired) electrons. The molecular weight excluding hydrogens is 356 g/mol. The number of epoxide rings is 1. The summed E-state index contributed by atoms with van der Waals surface area (Å²) in [6.07, 6.45) is 0.157. The summed E-state index contributed by atoms with van der Waals surface area (Å²) in [5.74, 6) is 0.609. The average molecular weight is 369 g/mol. The maximum Gasteiger partial charge on any atom is 0.206 e. The van der Waals surface area contributed by atoms with Gasteiger partial charge in [-0.1, -0.05) is 18.2 Å².